The van der Waals surface area contributed by atoms with Gasteiger partial charge in [-0.15, -0.1) is 5.10 Å². The van der Waals surface area contributed by atoms with Gasteiger partial charge in [0.15, 0.2) is 5.82 Å². The average Bonchev–Trinajstić information content (AvgIpc) is 3.50. The molecule has 0 saturated carbocycles. The number of hydrogen-bond acceptors (Lipinski definition) is 8. The highest BCUT2D eigenvalue weighted by molar-refractivity contribution is 5.85. The number of fused-ring (bicyclic) bond motifs is 1. The zero-order chi connectivity index (χ0) is 25.8. The molecule has 0 spiro atoms. The van der Waals surface area contributed by atoms with E-state index in [1.807, 2.05) is 19.1 Å². The van der Waals surface area contributed by atoms with Crippen LogP contribution in [0.4, 0.5) is 0 Å². The van der Waals surface area contributed by atoms with Crippen molar-refractivity contribution >= 4 is 16.9 Å². The fourth-order valence-electron chi connectivity index (χ4n) is 5.03. The summed E-state index contributed by atoms with van der Waals surface area (Å²) in [6, 6.07) is 5.85. The van der Waals surface area contributed by atoms with Gasteiger partial charge in [-0.3, -0.25) is 14.5 Å². The highest BCUT2D eigenvalue weighted by Gasteiger charge is 2.33. The molecule has 1 aliphatic rings. The first-order valence-corrected chi connectivity index (χ1v) is 12.7. The van der Waals surface area contributed by atoms with E-state index in [2.05, 4.69) is 52.2 Å². The van der Waals surface area contributed by atoms with Crippen LogP contribution in [0.3, 0.4) is 0 Å². The zero-order valence-electron chi connectivity index (χ0n) is 21.8. The summed E-state index contributed by atoms with van der Waals surface area (Å²) in [5, 5.41) is 13.3. The zero-order valence-corrected chi connectivity index (χ0v) is 21.8. The van der Waals surface area contributed by atoms with Gasteiger partial charge < -0.3 is 14.5 Å². The summed E-state index contributed by atoms with van der Waals surface area (Å²) in [4.78, 5) is 30.7. The normalized spacial score (nSPS) is 16.8. The van der Waals surface area contributed by atoms with E-state index in [4.69, 9.17) is 9.47 Å². The van der Waals surface area contributed by atoms with E-state index >= 15 is 0 Å². The van der Waals surface area contributed by atoms with Crippen molar-refractivity contribution in [3.8, 4) is 0 Å². The number of carbonyl (C=O) groups excluding carboxylic acids is 1. The van der Waals surface area contributed by atoms with E-state index in [9.17, 15) is 9.59 Å². The number of hydrogen-bond donors (Lipinski definition) is 1. The molecule has 0 unspecified atom stereocenters. The minimum atomic E-state index is -0.393. The molecule has 10 heteroatoms. The molecule has 4 rings (SSSR count). The van der Waals surface area contributed by atoms with Crippen molar-refractivity contribution in [2.45, 2.75) is 72.7 Å². The number of tetrazole rings is 1. The van der Waals surface area contributed by atoms with Crippen LogP contribution in [0.1, 0.15) is 62.2 Å². The van der Waals surface area contributed by atoms with Gasteiger partial charge in [0.25, 0.3) is 5.56 Å². The maximum absolute atomic E-state index is 13.2. The Hall–Kier alpha value is -3.11. The molecule has 1 saturated heterocycles. The lowest BCUT2D eigenvalue weighted by molar-refractivity contribution is -0.144. The van der Waals surface area contributed by atoms with Gasteiger partial charge in [-0.1, -0.05) is 26.0 Å². The molecule has 1 N–H and O–H groups in total. The topological polar surface area (TPSA) is 115 Å². The van der Waals surface area contributed by atoms with Crippen molar-refractivity contribution in [3.05, 3.63) is 51.1 Å². The van der Waals surface area contributed by atoms with Gasteiger partial charge in [0, 0.05) is 30.6 Å². The fraction of sp³-hybridized carbons (Fsp3) is 0.577. The standard InChI is InChI=1S/C26H36N6O4/c1-6-35-22(33)15-32-25(28-29-30-32)24(16(2)3)31(14-20-8-7-11-36-20)13-19-12-21-17(4)9-10-18(5)23(21)27-26(19)34/h9-10,12,16,20,24H,6-8,11,13-15H2,1-5H3,(H,27,34)/t20-,24+/m1/s1. The Morgan fingerprint density at radius 1 is 1.31 bits per heavy atom. The van der Waals surface area contributed by atoms with Gasteiger partial charge in [-0.2, -0.15) is 0 Å². The third kappa shape index (κ3) is 5.65. The second kappa shape index (κ2) is 11.3. The Morgan fingerprint density at radius 3 is 2.78 bits per heavy atom. The lowest BCUT2D eigenvalue weighted by Crippen LogP contribution is -2.40. The lowest BCUT2D eigenvalue weighted by atomic mass is 9.99. The summed E-state index contributed by atoms with van der Waals surface area (Å²) >= 11 is 0. The number of nitrogens with zero attached hydrogens (tertiary/aromatic N) is 5. The van der Waals surface area contributed by atoms with Crippen molar-refractivity contribution in [3.63, 3.8) is 0 Å². The number of carbonyl (C=O) groups is 1. The van der Waals surface area contributed by atoms with Crippen LogP contribution in [0.25, 0.3) is 10.9 Å². The van der Waals surface area contributed by atoms with Crippen LogP contribution in [0.2, 0.25) is 0 Å². The van der Waals surface area contributed by atoms with Gasteiger partial charge in [0.05, 0.1) is 24.3 Å². The smallest absolute Gasteiger partial charge is 0.327 e. The Morgan fingerprint density at radius 2 is 2.08 bits per heavy atom. The highest BCUT2D eigenvalue weighted by atomic mass is 16.5. The molecule has 1 fully saturated rings. The summed E-state index contributed by atoms with van der Waals surface area (Å²) in [7, 11) is 0. The van der Waals surface area contributed by atoms with E-state index in [0.717, 1.165) is 41.5 Å². The fourth-order valence-corrected chi connectivity index (χ4v) is 5.03. The molecule has 3 heterocycles. The van der Waals surface area contributed by atoms with Crippen molar-refractivity contribution < 1.29 is 14.3 Å². The third-order valence-corrected chi connectivity index (χ3v) is 6.79. The first-order valence-electron chi connectivity index (χ1n) is 12.7. The number of rotatable bonds is 10. The second-order valence-corrected chi connectivity index (χ2v) is 9.86. The largest absolute Gasteiger partial charge is 0.465 e. The second-order valence-electron chi connectivity index (χ2n) is 9.86. The van der Waals surface area contributed by atoms with Gasteiger partial charge in [-0.05, 0) is 67.2 Å². The molecular weight excluding hydrogens is 460 g/mol. The quantitative estimate of drug-likeness (QED) is 0.426. The molecule has 0 radical (unpaired) electrons. The minimum absolute atomic E-state index is 0.0594. The number of benzene rings is 1. The molecule has 2 atom stereocenters. The van der Waals surface area contributed by atoms with Crippen LogP contribution in [0.5, 0.6) is 0 Å². The Balaban J connectivity index is 1.73. The van der Waals surface area contributed by atoms with E-state index < -0.39 is 5.97 Å². The molecule has 194 valence electrons. The monoisotopic (exact) mass is 496 g/mol. The Labute approximate surface area is 211 Å². The summed E-state index contributed by atoms with van der Waals surface area (Å²) in [5.74, 6) is 0.276. The maximum atomic E-state index is 13.2. The number of H-pyrrole nitrogens is 1. The summed E-state index contributed by atoms with van der Waals surface area (Å²) in [6.07, 6.45) is 2.03. The molecule has 36 heavy (non-hydrogen) atoms. The van der Waals surface area contributed by atoms with Crippen LogP contribution in [-0.4, -0.2) is 61.9 Å². The van der Waals surface area contributed by atoms with Crippen LogP contribution in [0, 0.1) is 19.8 Å². The first-order chi connectivity index (χ1) is 17.3. The number of nitrogens with one attached hydrogen (secondary N) is 1. The lowest BCUT2D eigenvalue weighted by Gasteiger charge is -2.35. The molecule has 0 amide bonds. The van der Waals surface area contributed by atoms with E-state index in [1.165, 1.54) is 4.68 Å². The van der Waals surface area contributed by atoms with E-state index in [-0.39, 0.29) is 30.2 Å². The van der Waals surface area contributed by atoms with Crippen molar-refractivity contribution in [2.75, 3.05) is 19.8 Å². The summed E-state index contributed by atoms with van der Waals surface area (Å²) in [6.45, 7) is 12.0. The van der Waals surface area contributed by atoms with E-state index in [0.29, 0.717) is 31.1 Å². The molecule has 1 aliphatic heterocycles. The highest BCUT2D eigenvalue weighted by Crippen LogP contribution is 2.30. The predicted molar refractivity (Wildman–Crippen MR) is 135 cm³/mol. The summed E-state index contributed by atoms with van der Waals surface area (Å²) < 4.78 is 12.6. The molecule has 2 aromatic heterocycles. The van der Waals surface area contributed by atoms with Crippen LogP contribution in [0.15, 0.2) is 23.0 Å². The van der Waals surface area contributed by atoms with E-state index in [1.54, 1.807) is 6.92 Å². The first kappa shape index (κ1) is 26.0. The van der Waals surface area contributed by atoms with Crippen molar-refractivity contribution in [1.29, 1.82) is 0 Å². The number of aryl methyl sites for hydroxylation is 2. The third-order valence-electron chi connectivity index (χ3n) is 6.79. The number of ether oxygens (including phenoxy) is 2. The molecule has 0 bridgehead atoms. The maximum Gasteiger partial charge on any atom is 0.327 e. The van der Waals surface area contributed by atoms with Crippen LogP contribution in [-0.2, 0) is 27.4 Å². The summed E-state index contributed by atoms with van der Waals surface area (Å²) in [5.41, 5.74) is 3.57. The van der Waals surface area contributed by atoms with Gasteiger partial charge >= 0.3 is 5.97 Å². The molecule has 3 aromatic rings. The van der Waals surface area contributed by atoms with Crippen LogP contribution >= 0.6 is 0 Å². The predicted octanol–water partition coefficient (Wildman–Crippen LogP) is 3.07. The van der Waals surface area contributed by atoms with Crippen molar-refractivity contribution in [1.82, 2.24) is 30.1 Å². The average molecular weight is 497 g/mol. The van der Waals surface area contributed by atoms with Crippen molar-refractivity contribution in [2.24, 2.45) is 5.92 Å². The molecule has 10 nitrogen and oxygen atoms in total. The van der Waals surface area contributed by atoms with Crippen LogP contribution < -0.4 is 5.56 Å². The Bertz CT molecular complexity index is 1260. The Kier molecular flexibility index (Phi) is 8.15. The molecular formula is C26H36N6O4. The van der Waals surface area contributed by atoms with Gasteiger partial charge in [0.1, 0.15) is 6.54 Å². The molecule has 0 aliphatic carbocycles. The number of esters is 1. The van der Waals surface area contributed by atoms with Gasteiger partial charge in [-0.25, -0.2) is 4.68 Å². The minimum Gasteiger partial charge on any atom is -0.465 e. The number of aromatic nitrogens is 5. The van der Waals surface area contributed by atoms with Gasteiger partial charge in [0.2, 0.25) is 0 Å². The SMILES string of the molecule is CCOC(=O)Cn1nnnc1[C@H](C(C)C)N(Cc1cc2c(C)ccc(C)c2[nH]c1=O)C[C@H]1CCCO1. The number of pyridine rings is 1. The number of aromatic amines is 1. The molecule has 1 aromatic carbocycles.